The van der Waals surface area contributed by atoms with Gasteiger partial charge < -0.3 is 20.2 Å². The van der Waals surface area contributed by atoms with Crippen LogP contribution in [0.4, 0.5) is 0 Å². The molecule has 0 aliphatic heterocycles. The molecule has 5 heteroatoms. The summed E-state index contributed by atoms with van der Waals surface area (Å²) in [7, 11) is 1.59. The highest BCUT2D eigenvalue weighted by atomic mass is 16.3. The Hall–Kier alpha value is -1.59. The Balaban J connectivity index is 2.81. The molecule has 1 aromatic carbocycles. The van der Waals surface area contributed by atoms with Crippen LogP contribution < -0.4 is 0 Å². The first-order valence-corrected chi connectivity index (χ1v) is 7.86. The number of carbonyl (C=O) groups is 1. The lowest BCUT2D eigenvalue weighted by molar-refractivity contribution is -0.138. The van der Waals surface area contributed by atoms with Crippen molar-refractivity contribution in [2.75, 3.05) is 20.3 Å². The summed E-state index contributed by atoms with van der Waals surface area (Å²) in [6.07, 6.45) is 0.819. The van der Waals surface area contributed by atoms with Gasteiger partial charge in [-0.1, -0.05) is 32.9 Å². The van der Waals surface area contributed by atoms with Crippen molar-refractivity contribution < 1.29 is 20.1 Å². The standard InChI is InChI=1S/C18H29NO4/c1-17(2,3)14-10-13(6-8-15(14)22)7-9-16(23)19(5)18(4,11-20)12-21/h6,8,10,20-22H,7,9,11-12H2,1-5H3. The number of aliphatic hydroxyl groups is 2. The summed E-state index contributed by atoms with van der Waals surface area (Å²) in [5, 5.41) is 28.7. The number of phenolic OH excluding ortho intramolecular Hbond substituents is 1. The van der Waals surface area contributed by atoms with Crippen molar-refractivity contribution in [2.24, 2.45) is 0 Å². The molecule has 0 aliphatic rings. The molecule has 3 N–H and O–H groups in total. The average molecular weight is 323 g/mol. The predicted molar refractivity (Wildman–Crippen MR) is 90.5 cm³/mol. The van der Waals surface area contributed by atoms with Crippen LogP contribution in [-0.2, 0) is 16.6 Å². The van der Waals surface area contributed by atoms with Crippen molar-refractivity contribution in [2.45, 2.75) is 51.5 Å². The predicted octanol–water partition coefficient (Wildman–Crippen LogP) is 1.82. The van der Waals surface area contributed by atoms with Crippen LogP contribution in [0.5, 0.6) is 5.75 Å². The number of likely N-dealkylation sites (N-methyl/N-ethyl adjacent to an activating group) is 1. The summed E-state index contributed by atoms with van der Waals surface area (Å²) in [6, 6.07) is 5.41. The number of hydrogen-bond acceptors (Lipinski definition) is 4. The molecule has 0 aliphatic carbocycles. The zero-order valence-corrected chi connectivity index (χ0v) is 14.8. The van der Waals surface area contributed by atoms with Crippen LogP contribution in [-0.4, -0.2) is 51.9 Å². The van der Waals surface area contributed by atoms with Crippen LogP contribution in [0.2, 0.25) is 0 Å². The van der Waals surface area contributed by atoms with Crippen LogP contribution in [0.25, 0.3) is 0 Å². The lowest BCUT2D eigenvalue weighted by atomic mass is 9.85. The molecule has 23 heavy (non-hydrogen) atoms. The van der Waals surface area contributed by atoms with E-state index in [9.17, 15) is 20.1 Å². The van der Waals surface area contributed by atoms with Crippen LogP contribution >= 0.6 is 0 Å². The molecule has 1 amide bonds. The largest absolute Gasteiger partial charge is 0.508 e. The van der Waals surface area contributed by atoms with Gasteiger partial charge in [-0.05, 0) is 36.0 Å². The monoisotopic (exact) mass is 323 g/mol. The zero-order valence-electron chi connectivity index (χ0n) is 14.8. The van der Waals surface area contributed by atoms with Gasteiger partial charge in [-0.15, -0.1) is 0 Å². The molecule has 0 bridgehead atoms. The quantitative estimate of drug-likeness (QED) is 0.746. The lowest BCUT2D eigenvalue weighted by Crippen LogP contribution is -2.52. The Morgan fingerprint density at radius 3 is 2.17 bits per heavy atom. The fourth-order valence-corrected chi connectivity index (χ4v) is 2.32. The Bertz CT molecular complexity index is 544. The molecule has 0 heterocycles. The molecule has 0 spiro atoms. The van der Waals surface area contributed by atoms with E-state index < -0.39 is 5.54 Å². The number of nitrogens with zero attached hydrogens (tertiary/aromatic N) is 1. The van der Waals surface area contributed by atoms with Gasteiger partial charge in [-0.25, -0.2) is 0 Å². The molecule has 0 aromatic heterocycles. The second kappa shape index (κ2) is 7.32. The van der Waals surface area contributed by atoms with E-state index in [1.807, 2.05) is 32.9 Å². The normalized spacial score (nSPS) is 12.3. The first-order valence-electron chi connectivity index (χ1n) is 7.86. The van der Waals surface area contributed by atoms with Crippen molar-refractivity contribution in [1.82, 2.24) is 4.90 Å². The maximum absolute atomic E-state index is 12.3. The third-order valence-corrected chi connectivity index (χ3v) is 4.36. The topological polar surface area (TPSA) is 81.0 Å². The number of aliphatic hydroxyl groups excluding tert-OH is 2. The van der Waals surface area contributed by atoms with Gasteiger partial charge in [0.05, 0.1) is 18.8 Å². The van der Waals surface area contributed by atoms with Crippen LogP contribution in [0.1, 0.15) is 45.2 Å². The maximum atomic E-state index is 12.3. The number of aryl methyl sites for hydroxylation is 1. The molecule has 0 saturated heterocycles. The first-order chi connectivity index (χ1) is 10.5. The number of aromatic hydroxyl groups is 1. The van der Waals surface area contributed by atoms with Crippen LogP contribution in [0.15, 0.2) is 18.2 Å². The zero-order chi connectivity index (χ0) is 17.8. The van der Waals surface area contributed by atoms with E-state index in [0.29, 0.717) is 6.42 Å². The smallest absolute Gasteiger partial charge is 0.223 e. The molecule has 0 unspecified atom stereocenters. The summed E-state index contributed by atoms with van der Waals surface area (Å²) in [5.41, 5.74) is 0.700. The molecule has 5 nitrogen and oxygen atoms in total. The molecule has 0 fully saturated rings. The minimum Gasteiger partial charge on any atom is -0.508 e. The molecule has 0 atom stereocenters. The Morgan fingerprint density at radius 1 is 1.13 bits per heavy atom. The lowest BCUT2D eigenvalue weighted by Gasteiger charge is -2.35. The average Bonchev–Trinajstić information content (AvgIpc) is 2.51. The summed E-state index contributed by atoms with van der Waals surface area (Å²) in [4.78, 5) is 13.7. The minimum absolute atomic E-state index is 0.138. The van der Waals surface area contributed by atoms with Gasteiger partial charge in [0.15, 0.2) is 0 Å². The summed E-state index contributed by atoms with van der Waals surface area (Å²) >= 11 is 0. The minimum atomic E-state index is -0.956. The van der Waals surface area contributed by atoms with Crippen molar-refractivity contribution in [3.63, 3.8) is 0 Å². The maximum Gasteiger partial charge on any atom is 0.223 e. The van der Waals surface area contributed by atoms with Crippen molar-refractivity contribution >= 4 is 5.91 Å². The van der Waals surface area contributed by atoms with Gasteiger partial charge in [-0.2, -0.15) is 0 Å². The molecule has 0 radical (unpaired) electrons. The number of benzene rings is 1. The van der Waals surface area contributed by atoms with Gasteiger partial charge in [0.2, 0.25) is 5.91 Å². The second-order valence-electron chi connectivity index (χ2n) is 7.37. The van der Waals surface area contributed by atoms with Gasteiger partial charge >= 0.3 is 0 Å². The fourth-order valence-electron chi connectivity index (χ4n) is 2.32. The van der Waals surface area contributed by atoms with Gasteiger partial charge in [-0.3, -0.25) is 4.79 Å². The highest BCUT2D eigenvalue weighted by molar-refractivity contribution is 5.77. The van der Waals surface area contributed by atoms with Gasteiger partial charge in [0.25, 0.3) is 0 Å². The first kappa shape index (κ1) is 19.5. The van der Waals surface area contributed by atoms with Crippen molar-refractivity contribution in [3.05, 3.63) is 29.3 Å². The van der Waals surface area contributed by atoms with E-state index in [-0.39, 0.29) is 36.7 Å². The molecular weight excluding hydrogens is 294 g/mol. The highest BCUT2D eigenvalue weighted by Gasteiger charge is 2.31. The number of carbonyl (C=O) groups excluding carboxylic acids is 1. The van der Waals surface area contributed by atoms with E-state index in [4.69, 9.17) is 0 Å². The van der Waals surface area contributed by atoms with E-state index in [1.54, 1.807) is 20.0 Å². The Morgan fingerprint density at radius 2 is 1.70 bits per heavy atom. The summed E-state index contributed by atoms with van der Waals surface area (Å²) in [6.45, 7) is 7.14. The molecular formula is C18H29NO4. The molecule has 1 aromatic rings. The second-order valence-corrected chi connectivity index (χ2v) is 7.37. The van der Waals surface area contributed by atoms with E-state index in [1.165, 1.54) is 4.90 Å². The van der Waals surface area contributed by atoms with Crippen molar-refractivity contribution in [1.29, 1.82) is 0 Å². The van der Waals surface area contributed by atoms with E-state index in [2.05, 4.69) is 0 Å². The fraction of sp³-hybridized carbons (Fsp3) is 0.611. The molecule has 0 saturated carbocycles. The number of rotatable bonds is 6. The van der Waals surface area contributed by atoms with E-state index >= 15 is 0 Å². The Kier molecular flexibility index (Phi) is 6.19. The number of hydrogen-bond donors (Lipinski definition) is 3. The van der Waals surface area contributed by atoms with Gasteiger partial charge in [0.1, 0.15) is 5.75 Å². The third-order valence-electron chi connectivity index (χ3n) is 4.36. The Labute approximate surface area is 138 Å². The van der Waals surface area contributed by atoms with Crippen LogP contribution in [0, 0.1) is 0 Å². The third kappa shape index (κ3) is 4.69. The summed E-state index contributed by atoms with van der Waals surface area (Å²) < 4.78 is 0. The van der Waals surface area contributed by atoms with Crippen LogP contribution in [0.3, 0.4) is 0 Å². The molecule has 130 valence electrons. The van der Waals surface area contributed by atoms with E-state index in [0.717, 1.165) is 11.1 Å². The highest BCUT2D eigenvalue weighted by Crippen LogP contribution is 2.31. The number of amides is 1. The van der Waals surface area contributed by atoms with Gasteiger partial charge in [0, 0.05) is 13.5 Å². The number of phenols is 1. The molecule has 1 rings (SSSR count). The summed E-state index contributed by atoms with van der Waals surface area (Å²) in [5.74, 6) is 0.124. The SMILES string of the molecule is CN(C(=O)CCc1ccc(O)c(C(C)(C)C)c1)C(C)(CO)CO. The van der Waals surface area contributed by atoms with Crippen molar-refractivity contribution in [3.8, 4) is 5.75 Å².